The highest BCUT2D eigenvalue weighted by Crippen LogP contribution is 2.43. The molecule has 2 aromatic carbocycles. The summed E-state index contributed by atoms with van der Waals surface area (Å²) >= 11 is 13.6. The number of carbonyl (C=O) groups excluding carboxylic acids is 1. The van der Waals surface area contributed by atoms with Crippen molar-refractivity contribution >= 4 is 40.4 Å². The minimum Gasteiger partial charge on any atom is -0.497 e. The summed E-state index contributed by atoms with van der Waals surface area (Å²) in [5.41, 5.74) is 8.10. The van der Waals surface area contributed by atoms with Crippen molar-refractivity contribution in [3.05, 3.63) is 63.5 Å². The summed E-state index contributed by atoms with van der Waals surface area (Å²) in [4.78, 5) is 13.0. The van der Waals surface area contributed by atoms with E-state index in [0.29, 0.717) is 14.9 Å². The van der Waals surface area contributed by atoms with Gasteiger partial charge < -0.3 is 10.5 Å². The number of primary amides is 1. The number of nitrogens with two attached hydrogens (primary N) is 1. The molecule has 3 rings (SSSR count). The van der Waals surface area contributed by atoms with E-state index in [4.69, 9.17) is 33.7 Å². The molecule has 0 radical (unpaired) electrons. The Kier molecular flexibility index (Phi) is 4.81. The summed E-state index contributed by atoms with van der Waals surface area (Å²) in [6, 6.07) is 14.7. The van der Waals surface area contributed by atoms with Crippen LogP contribution >= 0.6 is 34.5 Å². The first kappa shape index (κ1) is 16.8. The van der Waals surface area contributed by atoms with E-state index in [1.165, 1.54) is 11.3 Å². The number of ether oxygens (including phenoxy) is 1. The lowest BCUT2D eigenvalue weighted by Crippen LogP contribution is -2.08. The molecule has 0 aliphatic rings. The van der Waals surface area contributed by atoms with Crippen LogP contribution in [-0.4, -0.2) is 13.0 Å². The van der Waals surface area contributed by atoms with Gasteiger partial charge >= 0.3 is 0 Å². The maximum Gasteiger partial charge on any atom is 0.258 e. The van der Waals surface area contributed by atoms with Crippen LogP contribution < -0.4 is 10.5 Å². The molecule has 0 saturated carbocycles. The average Bonchev–Trinajstić information content (AvgIpc) is 3.00. The molecule has 3 nitrogen and oxygen atoms in total. The SMILES string of the molecule is COc1ccc(-c2cc(C(N)=O)sc2-c2ccc(Cl)cc2Cl)cc1. The number of rotatable bonds is 4. The molecule has 0 unspecified atom stereocenters. The molecule has 1 heterocycles. The highest BCUT2D eigenvalue weighted by Gasteiger charge is 2.17. The fourth-order valence-corrected chi connectivity index (χ4v) is 4.00. The number of amides is 1. The van der Waals surface area contributed by atoms with Crippen molar-refractivity contribution in [1.29, 1.82) is 0 Å². The molecule has 0 spiro atoms. The molecule has 6 heteroatoms. The third-order valence-electron chi connectivity index (χ3n) is 3.55. The number of hydrogen-bond donors (Lipinski definition) is 1. The first-order chi connectivity index (χ1) is 11.5. The molecule has 3 aromatic rings. The average molecular weight is 378 g/mol. The van der Waals surface area contributed by atoms with Gasteiger partial charge in [-0.05, 0) is 35.9 Å². The predicted octanol–water partition coefficient (Wildman–Crippen LogP) is 5.50. The monoisotopic (exact) mass is 377 g/mol. The summed E-state index contributed by atoms with van der Waals surface area (Å²) in [6.45, 7) is 0. The Morgan fingerprint density at radius 1 is 1.04 bits per heavy atom. The van der Waals surface area contributed by atoms with Crippen LogP contribution in [0.5, 0.6) is 5.75 Å². The molecule has 0 aliphatic heterocycles. The second kappa shape index (κ2) is 6.85. The Bertz CT molecular complexity index is 904. The van der Waals surface area contributed by atoms with E-state index in [2.05, 4.69) is 0 Å². The lowest BCUT2D eigenvalue weighted by Gasteiger charge is -2.07. The second-order valence-electron chi connectivity index (χ2n) is 5.07. The minimum atomic E-state index is -0.467. The van der Waals surface area contributed by atoms with Gasteiger partial charge in [-0.1, -0.05) is 41.4 Å². The molecule has 122 valence electrons. The standard InChI is InChI=1S/C18H13Cl2NO2S/c1-23-12-5-2-10(3-6-12)14-9-16(18(21)22)24-17(14)13-7-4-11(19)8-15(13)20/h2-9H,1H3,(H2,21,22). The normalized spacial score (nSPS) is 10.6. The molecular weight excluding hydrogens is 365 g/mol. The first-order valence-electron chi connectivity index (χ1n) is 7.03. The Balaban J connectivity index is 2.18. The molecule has 2 N–H and O–H groups in total. The number of carbonyl (C=O) groups is 1. The summed E-state index contributed by atoms with van der Waals surface area (Å²) in [6.07, 6.45) is 0. The Morgan fingerprint density at radius 3 is 2.33 bits per heavy atom. The zero-order valence-corrected chi connectivity index (χ0v) is 15.0. The number of thiophene rings is 1. The van der Waals surface area contributed by atoms with Crippen LogP contribution in [0.3, 0.4) is 0 Å². The maximum atomic E-state index is 11.6. The topological polar surface area (TPSA) is 52.3 Å². The van der Waals surface area contributed by atoms with Crippen LogP contribution in [0.1, 0.15) is 9.67 Å². The number of benzene rings is 2. The minimum absolute atomic E-state index is 0.467. The van der Waals surface area contributed by atoms with Gasteiger partial charge in [0.15, 0.2) is 0 Å². The van der Waals surface area contributed by atoms with Crippen molar-refractivity contribution in [3.63, 3.8) is 0 Å². The Hall–Kier alpha value is -2.01. The maximum absolute atomic E-state index is 11.6. The Labute approximate surface area is 153 Å². The zero-order chi connectivity index (χ0) is 17.3. The highest BCUT2D eigenvalue weighted by molar-refractivity contribution is 7.18. The lowest BCUT2D eigenvalue weighted by molar-refractivity contribution is 0.100. The molecule has 0 aliphatic carbocycles. The van der Waals surface area contributed by atoms with Crippen molar-refractivity contribution in [2.75, 3.05) is 7.11 Å². The lowest BCUT2D eigenvalue weighted by atomic mass is 10.0. The molecular formula is C18H13Cl2NO2S. The van der Waals surface area contributed by atoms with Crippen LogP contribution in [0.25, 0.3) is 21.6 Å². The predicted molar refractivity (Wildman–Crippen MR) is 100 cm³/mol. The van der Waals surface area contributed by atoms with E-state index in [1.807, 2.05) is 30.3 Å². The van der Waals surface area contributed by atoms with E-state index in [-0.39, 0.29) is 0 Å². The van der Waals surface area contributed by atoms with Crippen LogP contribution in [0.15, 0.2) is 48.5 Å². The summed E-state index contributed by atoms with van der Waals surface area (Å²) in [5.74, 6) is 0.293. The van der Waals surface area contributed by atoms with Gasteiger partial charge in [-0.25, -0.2) is 0 Å². The van der Waals surface area contributed by atoms with Gasteiger partial charge in [0.1, 0.15) is 5.75 Å². The van der Waals surface area contributed by atoms with E-state index in [1.54, 1.807) is 25.3 Å². The van der Waals surface area contributed by atoms with Gasteiger partial charge in [0.2, 0.25) is 0 Å². The fourth-order valence-electron chi connectivity index (χ4n) is 2.37. The number of methoxy groups -OCH3 is 1. The van der Waals surface area contributed by atoms with Crippen LogP contribution in [0.4, 0.5) is 0 Å². The molecule has 24 heavy (non-hydrogen) atoms. The van der Waals surface area contributed by atoms with E-state index in [9.17, 15) is 4.79 Å². The van der Waals surface area contributed by atoms with Gasteiger partial charge in [0, 0.05) is 21.0 Å². The summed E-state index contributed by atoms with van der Waals surface area (Å²) in [5, 5.41) is 1.08. The van der Waals surface area contributed by atoms with Crippen LogP contribution in [0.2, 0.25) is 10.0 Å². The van der Waals surface area contributed by atoms with Gasteiger partial charge in [-0.2, -0.15) is 0 Å². The number of halogens is 2. The smallest absolute Gasteiger partial charge is 0.258 e. The van der Waals surface area contributed by atoms with Crippen molar-refractivity contribution in [1.82, 2.24) is 0 Å². The highest BCUT2D eigenvalue weighted by atomic mass is 35.5. The quantitative estimate of drug-likeness (QED) is 0.652. The summed E-state index contributed by atoms with van der Waals surface area (Å²) in [7, 11) is 1.61. The van der Waals surface area contributed by atoms with E-state index in [0.717, 1.165) is 27.3 Å². The molecule has 0 atom stereocenters. The van der Waals surface area contributed by atoms with Crippen molar-refractivity contribution in [2.24, 2.45) is 5.73 Å². The van der Waals surface area contributed by atoms with E-state index < -0.39 is 5.91 Å². The van der Waals surface area contributed by atoms with Gasteiger partial charge in [-0.15, -0.1) is 11.3 Å². The van der Waals surface area contributed by atoms with Crippen molar-refractivity contribution in [2.45, 2.75) is 0 Å². The van der Waals surface area contributed by atoms with Gasteiger partial charge in [0.05, 0.1) is 17.0 Å². The molecule has 1 aromatic heterocycles. The van der Waals surface area contributed by atoms with Crippen LogP contribution in [0, 0.1) is 0 Å². The first-order valence-corrected chi connectivity index (χ1v) is 8.60. The summed E-state index contributed by atoms with van der Waals surface area (Å²) < 4.78 is 5.19. The fraction of sp³-hybridized carbons (Fsp3) is 0.0556. The molecule has 1 amide bonds. The van der Waals surface area contributed by atoms with Crippen molar-refractivity contribution < 1.29 is 9.53 Å². The van der Waals surface area contributed by atoms with Gasteiger partial charge in [-0.3, -0.25) is 4.79 Å². The van der Waals surface area contributed by atoms with Crippen LogP contribution in [-0.2, 0) is 0 Å². The third kappa shape index (κ3) is 3.26. The third-order valence-corrected chi connectivity index (χ3v) is 5.28. The van der Waals surface area contributed by atoms with Crippen molar-refractivity contribution in [3.8, 4) is 27.3 Å². The molecule has 0 saturated heterocycles. The second-order valence-corrected chi connectivity index (χ2v) is 6.97. The van der Waals surface area contributed by atoms with E-state index >= 15 is 0 Å². The zero-order valence-electron chi connectivity index (χ0n) is 12.7. The number of hydrogen-bond acceptors (Lipinski definition) is 3. The molecule has 0 bridgehead atoms. The Morgan fingerprint density at radius 2 is 1.75 bits per heavy atom. The molecule has 0 fully saturated rings. The largest absolute Gasteiger partial charge is 0.497 e. The van der Waals surface area contributed by atoms with Gasteiger partial charge in [0.25, 0.3) is 5.91 Å².